The second kappa shape index (κ2) is 12.9. The Kier molecular flexibility index (Phi) is 10.5. The molecule has 0 bridgehead atoms. The first kappa shape index (κ1) is 29.4. The second-order valence-corrected chi connectivity index (χ2v) is 11.1. The zero-order valence-electron chi connectivity index (χ0n) is 21.1. The van der Waals surface area contributed by atoms with Gasteiger partial charge in [0.25, 0.3) is 0 Å². The second-order valence-electron chi connectivity index (χ2n) is 8.80. The molecule has 0 aliphatic rings. The molecule has 1 atom stereocenters. The predicted octanol–water partition coefficient (Wildman–Crippen LogP) is 3.83. The minimum atomic E-state index is -3.94. The van der Waals surface area contributed by atoms with E-state index in [9.17, 15) is 22.4 Å². The number of benzene rings is 2. The maximum atomic E-state index is 13.7. The van der Waals surface area contributed by atoms with Crippen LogP contribution in [0.2, 0.25) is 5.02 Å². The highest BCUT2D eigenvalue weighted by Crippen LogP contribution is 2.25. The van der Waals surface area contributed by atoms with Gasteiger partial charge >= 0.3 is 0 Å². The number of halogens is 2. The number of rotatable bonds is 12. The topological polar surface area (TPSA) is 96.0 Å². The number of nitrogens with one attached hydrogen (secondary N) is 1. The highest BCUT2D eigenvalue weighted by molar-refractivity contribution is 7.92. The van der Waals surface area contributed by atoms with Crippen LogP contribution in [0.15, 0.2) is 42.5 Å². The van der Waals surface area contributed by atoms with Crippen molar-refractivity contribution in [1.29, 1.82) is 0 Å². The molecule has 198 valence electrons. The fourth-order valence-electron chi connectivity index (χ4n) is 3.52. The van der Waals surface area contributed by atoms with Crippen LogP contribution in [0.1, 0.15) is 32.8 Å². The maximum absolute atomic E-state index is 13.7. The summed E-state index contributed by atoms with van der Waals surface area (Å²) in [5.74, 6) is -0.794. The molecule has 0 aliphatic heterocycles. The lowest BCUT2D eigenvalue weighted by atomic mass is 10.1. The highest BCUT2D eigenvalue weighted by Gasteiger charge is 2.32. The third-order valence-corrected chi connectivity index (χ3v) is 6.88. The molecule has 0 fully saturated rings. The Morgan fingerprint density at radius 1 is 1.14 bits per heavy atom. The van der Waals surface area contributed by atoms with Crippen LogP contribution in [0.5, 0.6) is 5.75 Å². The van der Waals surface area contributed by atoms with Crippen molar-refractivity contribution in [2.24, 2.45) is 5.92 Å². The number of methoxy groups -OCH3 is 1. The maximum Gasteiger partial charge on any atom is 0.244 e. The SMILES string of the molecule is CC[C@@H](C(=O)NCC(C)C)N(Cc1ccc(OC)cc1)C(=O)CN(c1ccc(F)c(Cl)c1)S(C)(=O)=O. The van der Waals surface area contributed by atoms with Gasteiger partial charge in [-0.1, -0.05) is 44.5 Å². The Bertz CT molecular complexity index is 1160. The Hall–Kier alpha value is -2.85. The van der Waals surface area contributed by atoms with Gasteiger partial charge in [0, 0.05) is 13.1 Å². The molecule has 36 heavy (non-hydrogen) atoms. The smallest absolute Gasteiger partial charge is 0.244 e. The fraction of sp³-hybridized carbons (Fsp3) is 0.440. The van der Waals surface area contributed by atoms with Gasteiger partial charge in [-0.15, -0.1) is 0 Å². The number of hydrogen-bond acceptors (Lipinski definition) is 5. The van der Waals surface area contributed by atoms with E-state index in [4.69, 9.17) is 16.3 Å². The summed E-state index contributed by atoms with van der Waals surface area (Å²) >= 11 is 5.86. The van der Waals surface area contributed by atoms with Crippen molar-refractivity contribution in [2.45, 2.75) is 39.8 Å². The summed E-state index contributed by atoms with van der Waals surface area (Å²) in [6.07, 6.45) is 1.26. The van der Waals surface area contributed by atoms with E-state index in [2.05, 4.69) is 5.32 Å². The minimum Gasteiger partial charge on any atom is -0.497 e. The summed E-state index contributed by atoms with van der Waals surface area (Å²) in [4.78, 5) is 28.0. The van der Waals surface area contributed by atoms with Crippen LogP contribution in [0, 0.1) is 11.7 Å². The molecule has 8 nitrogen and oxygen atoms in total. The third kappa shape index (κ3) is 8.09. The van der Waals surface area contributed by atoms with Gasteiger partial charge in [0.05, 0.1) is 24.1 Å². The van der Waals surface area contributed by atoms with Crippen molar-refractivity contribution in [3.05, 3.63) is 58.9 Å². The fourth-order valence-corrected chi connectivity index (χ4v) is 4.54. The molecule has 2 aromatic carbocycles. The largest absolute Gasteiger partial charge is 0.497 e. The summed E-state index contributed by atoms with van der Waals surface area (Å²) in [6.45, 7) is 5.60. The van der Waals surface area contributed by atoms with E-state index in [0.717, 1.165) is 28.3 Å². The van der Waals surface area contributed by atoms with E-state index in [1.54, 1.807) is 38.3 Å². The van der Waals surface area contributed by atoms with Crippen molar-refractivity contribution in [1.82, 2.24) is 10.2 Å². The Balaban J connectivity index is 2.43. The monoisotopic (exact) mass is 541 g/mol. The van der Waals surface area contributed by atoms with E-state index < -0.39 is 34.3 Å². The van der Waals surface area contributed by atoms with Gasteiger partial charge in [0.15, 0.2) is 0 Å². The number of anilines is 1. The molecule has 0 spiro atoms. The molecule has 0 radical (unpaired) electrons. The third-order valence-electron chi connectivity index (χ3n) is 5.45. The van der Waals surface area contributed by atoms with E-state index >= 15 is 0 Å². The molecule has 0 saturated heterocycles. The van der Waals surface area contributed by atoms with E-state index in [1.807, 2.05) is 13.8 Å². The molecule has 2 aromatic rings. The van der Waals surface area contributed by atoms with Crippen LogP contribution in [-0.2, 0) is 26.2 Å². The minimum absolute atomic E-state index is 0.0407. The van der Waals surface area contributed by atoms with E-state index in [1.165, 1.54) is 11.0 Å². The van der Waals surface area contributed by atoms with Crippen LogP contribution >= 0.6 is 11.6 Å². The number of nitrogens with zero attached hydrogens (tertiary/aromatic N) is 2. The average Bonchev–Trinajstić information content (AvgIpc) is 2.82. The number of carbonyl (C=O) groups excluding carboxylic acids is 2. The number of amides is 2. The van der Waals surface area contributed by atoms with Crippen LogP contribution in [0.25, 0.3) is 0 Å². The first-order valence-corrected chi connectivity index (χ1v) is 13.7. The first-order chi connectivity index (χ1) is 16.9. The van der Waals surface area contributed by atoms with E-state index in [0.29, 0.717) is 18.7 Å². The molecule has 0 aliphatic carbocycles. The summed E-state index contributed by atoms with van der Waals surface area (Å²) in [6, 6.07) is 9.59. The van der Waals surface area contributed by atoms with Crippen LogP contribution in [0.3, 0.4) is 0 Å². The molecule has 0 unspecified atom stereocenters. The summed E-state index contributed by atoms with van der Waals surface area (Å²) in [7, 11) is -2.40. The quantitative estimate of drug-likeness (QED) is 0.440. The molecule has 1 N–H and O–H groups in total. The van der Waals surface area contributed by atoms with Gasteiger partial charge in [-0.2, -0.15) is 0 Å². The van der Waals surface area contributed by atoms with Crippen LogP contribution < -0.4 is 14.4 Å². The molecule has 11 heteroatoms. The predicted molar refractivity (Wildman–Crippen MR) is 139 cm³/mol. The number of hydrogen-bond donors (Lipinski definition) is 1. The van der Waals surface area contributed by atoms with Gasteiger partial charge in [0.2, 0.25) is 21.8 Å². The van der Waals surface area contributed by atoms with Crippen molar-refractivity contribution >= 4 is 39.1 Å². The van der Waals surface area contributed by atoms with Crippen molar-refractivity contribution < 1.29 is 27.1 Å². The Morgan fingerprint density at radius 2 is 1.78 bits per heavy atom. The highest BCUT2D eigenvalue weighted by atomic mass is 35.5. The van der Waals surface area contributed by atoms with Gasteiger partial charge in [0.1, 0.15) is 24.2 Å². The lowest BCUT2D eigenvalue weighted by Gasteiger charge is -2.33. The number of ether oxygens (including phenoxy) is 1. The number of sulfonamides is 1. The average molecular weight is 542 g/mol. The van der Waals surface area contributed by atoms with Gasteiger partial charge in [-0.05, 0) is 48.2 Å². The molecular weight excluding hydrogens is 509 g/mol. The van der Waals surface area contributed by atoms with Gasteiger partial charge in [-0.3, -0.25) is 13.9 Å². The van der Waals surface area contributed by atoms with Crippen LogP contribution in [-0.4, -0.2) is 57.6 Å². The lowest BCUT2D eigenvalue weighted by Crippen LogP contribution is -2.52. The molecule has 2 rings (SSSR count). The molecule has 0 heterocycles. The van der Waals surface area contributed by atoms with Crippen LogP contribution in [0.4, 0.5) is 10.1 Å². The molecule has 2 amide bonds. The van der Waals surface area contributed by atoms with Gasteiger partial charge < -0.3 is 15.0 Å². The lowest BCUT2D eigenvalue weighted by molar-refractivity contribution is -0.140. The molecule has 0 saturated carbocycles. The summed E-state index contributed by atoms with van der Waals surface area (Å²) in [5.41, 5.74) is 0.772. The zero-order valence-corrected chi connectivity index (χ0v) is 22.7. The van der Waals surface area contributed by atoms with Crippen molar-refractivity contribution in [2.75, 3.05) is 30.8 Å². The van der Waals surface area contributed by atoms with Crippen molar-refractivity contribution in [3.8, 4) is 5.75 Å². The zero-order chi connectivity index (χ0) is 27.0. The van der Waals surface area contributed by atoms with Crippen molar-refractivity contribution in [3.63, 3.8) is 0 Å². The summed E-state index contributed by atoms with van der Waals surface area (Å²) in [5, 5.41) is 2.58. The normalized spacial score (nSPS) is 12.2. The Labute approximate surface area is 217 Å². The molecular formula is C25H33ClFN3O5S. The standard InChI is InChI=1S/C25H33ClFN3O5S/c1-6-23(25(32)28-14-17(2)3)29(15-18-7-10-20(35-4)11-8-18)24(31)16-30(36(5,33)34)19-9-12-22(27)21(26)13-19/h7-13,17,23H,6,14-16H2,1-5H3,(H,28,32)/t23-/m0/s1. The first-order valence-electron chi connectivity index (χ1n) is 11.5. The summed E-state index contributed by atoms with van der Waals surface area (Å²) < 4.78 is 44.9. The Morgan fingerprint density at radius 3 is 2.28 bits per heavy atom. The van der Waals surface area contributed by atoms with Gasteiger partial charge in [-0.25, -0.2) is 12.8 Å². The number of carbonyl (C=O) groups is 2. The van der Waals surface area contributed by atoms with E-state index in [-0.39, 0.29) is 29.1 Å². The molecule has 0 aromatic heterocycles.